The van der Waals surface area contributed by atoms with E-state index in [9.17, 15) is 9.59 Å². The number of hydrogen-bond donors (Lipinski definition) is 2. The molecule has 0 fully saturated rings. The molecule has 1 aliphatic carbocycles. The molecule has 0 unspecified atom stereocenters. The van der Waals surface area contributed by atoms with Gasteiger partial charge in [0.2, 0.25) is 0 Å². The summed E-state index contributed by atoms with van der Waals surface area (Å²) in [6, 6.07) is 20.3. The van der Waals surface area contributed by atoms with Gasteiger partial charge in [0, 0.05) is 17.7 Å². The SMILES string of the molecule is CC1(C)CC(=O)C2=C(C1)Nc1ccccc1N(C(=O)NCc1ccco1)[C@H]2c1ccccc1. The Hall–Kier alpha value is -3.80. The first-order chi connectivity index (χ1) is 15.9. The molecule has 0 bridgehead atoms. The Labute approximate surface area is 193 Å². The maximum Gasteiger partial charge on any atom is 0.323 e. The normalized spacial score (nSPS) is 19.3. The van der Waals surface area contributed by atoms with Gasteiger partial charge in [-0.15, -0.1) is 0 Å². The van der Waals surface area contributed by atoms with Crippen LogP contribution in [0.5, 0.6) is 0 Å². The van der Waals surface area contributed by atoms with Crippen LogP contribution >= 0.6 is 0 Å². The zero-order valence-electron chi connectivity index (χ0n) is 18.8. The molecule has 3 aromatic rings. The third-order valence-electron chi connectivity index (χ3n) is 6.23. The molecule has 33 heavy (non-hydrogen) atoms. The minimum atomic E-state index is -0.544. The highest BCUT2D eigenvalue weighted by Gasteiger charge is 2.43. The van der Waals surface area contributed by atoms with Gasteiger partial charge in [0.25, 0.3) is 0 Å². The van der Waals surface area contributed by atoms with Crippen LogP contribution in [0.3, 0.4) is 0 Å². The summed E-state index contributed by atoms with van der Waals surface area (Å²) in [6.07, 6.45) is 2.75. The molecule has 0 saturated carbocycles. The summed E-state index contributed by atoms with van der Waals surface area (Å²) in [7, 11) is 0. The third-order valence-corrected chi connectivity index (χ3v) is 6.23. The Morgan fingerprint density at radius 2 is 1.82 bits per heavy atom. The first-order valence-corrected chi connectivity index (χ1v) is 11.2. The lowest BCUT2D eigenvalue weighted by molar-refractivity contribution is -0.118. The van der Waals surface area contributed by atoms with E-state index in [1.807, 2.05) is 60.7 Å². The van der Waals surface area contributed by atoms with Crippen molar-refractivity contribution in [3.05, 3.63) is 95.6 Å². The summed E-state index contributed by atoms with van der Waals surface area (Å²) in [5.74, 6) is 0.732. The molecule has 1 atom stereocenters. The van der Waals surface area contributed by atoms with Crippen LogP contribution in [0, 0.1) is 5.41 Å². The number of allylic oxidation sites excluding steroid dienone is 1. The van der Waals surface area contributed by atoms with E-state index in [-0.39, 0.29) is 23.8 Å². The number of anilines is 2. The maximum absolute atomic E-state index is 13.7. The van der Waals surface area contributed by atoms with E-state index in [1.54, 1.807) is 17.2 Å². The molecule has 2 amide bonds. The lowest BCUT2D eigenvalue weighted by Gasteiger charge is -2.37. The van der Waals surface area contributed by atoms with E-state index < -0.39 is 6.04 Å². The van der Waals surface area contributed by atoms with Gasteiger partial charge < -0.3 is 15.1 Å². The van der Waals surface area contributed by atoms with Gasteiger partial charge in [-0.1, -0.05) is 56.3 Å². The summed E-state index contributed by atoms with van der Waals surface area (Å²) in [6.45, 7) is 4.48. The van der Waals surface area contributed by atoms with E-state index in [2.05, 4.69) is 24.5 Å². The number of furan rings is 1. The van der Waals surface area contributed by atoms with Crippen molar-refractivity contribution in [3.63, 3.8) is 0 Å². The van der Waals surface area contributed by atoms with Gasteiger partial charge in [-0.2, -0.15) is 0 Å². The van der Waals surface area contributed by atoms with Crippen molar-refractivity contribution in [2.24, 2.45) is 5.41 Å². The molecule has 0 spiro atoms. The van der Waals surface area contributed by atoms with Gasteiger partial charge in [-0.3, -0.25) is 9.69 Å². The van der Waals surface area contributed by atoms with Crippen LogP contribution in [0.15, 0.2) is 88.7 Å². The van der Waals surface area contributed by atoms with Gasteiger partial charge in [-0.25, -0.2) is 4.79 Å². The van der Waals surface area contributed by atoms with E-state index in [1.165, 1.54) is 0 Å². The Balaban J connectivity index is 1.66. The predicted octanol–water partition coefficient (Wildman–Crippen LogP) is 5.81. The largest absolute Gasteiger partial charge is 0.467 e. The molecular formula is C27H27N3O3. The quantitative estimate of drug-likeness (QED) is 0.538. The molecule has 2 aliphatic rings. The average molecular weight is 442 g/mol. The minimum absolute atomic E-state index is 0.0687. The van der Waals surface area contributed by atoms with Gasteiger partial charge in [-0.05, 0) is 41.7 Å². The number of fused-ring (bicyclic) bond motifs is 1. The summed E-state index contributed by atoms with van der Waals surface area (Å²) in [4.78, 5) is 29.0. The average Bonchev–Trinajstić information content (AvgIpc) is 3.26. The summed E-state index contributed by atoms with van der Waals surface area (Å²) < 4.78 is 5.39. The van der Waals surface area contributed by atoms with Crippen molar-refractivity contribution in [2.75, 3.05) is 10.2 Å². The smallest absolute Gasteiger partial charge is 0.323 e. The molecule has 2 aromatic carbocycles. The number of amides is 2. The summed E-state index contributed by atoms with van der Waals surface area (Å²) in [5, 5.41) is 6.50. The lowest BCUT2D eigenvalue weighted by atomic mass is 9.73. The number of para-hydroxylation sites is 2. The number of Topliss-reactive ketones (excluding diaryl/α,β-unsaturated/α-hetero) is 1. The second kappa shape index (κ2) is 8.28. The van der Waals surface area contributed by atoms with Crippen molar-refractivity contribution in [1.82, 2.24) is 5.32 Å². The molecule has 168 valence electrons. The first-order valence-electron chi connectivity index (χ1n) is 11.2. The molecule has 2 heterocycles. The number of nitrogens with zero attached hydrogens (tertiary/aromatic N) is 1. The van der Waals surface area contributed by atoms with Crippen molar-refractivity contribution in [3.8, 4) is 0 Å². The lowest BCUT2D eigenvalue weighted by Crippen LogP contribution is -2.44. The maximum atomic E-state index is 13.7. The van der Waals surface area contributed by atoms with Gasteiger partial charge >= 0.3 is 6.03 Å². The Morgan fingerprint density at radius 3 is 2.58 bits per heavy atom. The second-order valence-corrected chi connectivity index (χ2v) is 9.40. The van der Waals surface area contributed by atoms with Crippen LogP contribution in [0.4, 0.5) is 16.2 Å². The Bertz CT molecular complexity index is 1210. The van der Waals surface area contributed by atoms with Crippen molar-refractivity contribution in [2.45, 2.75) is 39.3 Å². The van der Waals surface area contributed by atoms with Crippen LogP contribution in [0.2, 0.25) is 0 Å². The highest BCUT2D eigenvalue weighted by Crippen LogP contribution is 2.48. The van der Waals surface area contributed by atoms with Crippen LogP contribution < -0.4 is 15.5 Å². The van der Waals surface area contributed by atoms with Gasteiger partial charge in [0.05, 0.1) is 30.2 Å². The Morgan fingerprint density at radius 1 is 1.06 bits per heavy atom. The van der Waals surface area contributed by atoms with E-state index in [4.69, 9.17) is 4.42 Å². The fourth-order valence-corrected chi connectivity index (χ4v) is 4.82. The summed E-state index contributed by atoms with van der Waals surface area (Å²) >= 11 is 0. The van der Waals surface area contributed by atoms with Gasteiger partial charge in [0.15, 0.2) is 5.78 Å². The van der Waals surface area contributed by atoms with E-state index in [0.29, 0.717) is 17.8 Å². The highest BCUT2D eigenvalue weighted by molar-refractivity contribution is 6.06. The van der Waals surface area contributed by atoms with Crippen molar-refractivity contribution in [1.29, 1.82) is 0 Å². The number of ketones is 1. The minimum Gasteiger partial charge on any atom is -0.467 e. The van der Waals surface area contributed by atoms with Crippen LogP contribution in [0.25, 0.3) is 0 Å². The molecular weight excluding hydrogens is 414 g/mol. The second-order valence-electron chi connectivity index (χ2n) is 9.40. The van der Waals surface area contributed by atoms with Gasteiger partial charge in [0.1, 0.15) is 5.76 Å². The zero-order valence-corrected chi connectivity index (χ0v) is 18.8. The molecule has 5 rings (SSSR count). The first kappa shape index (κ1) is 21.1. The number of nitrogens with one attached hydrogen (secondary N) is 2. The molecule has 2 N–H and O–H groups in total. The topological polar surface area (TPSA) is 74.6 Å². The van der Waals surface area contributed by atoms with Crippen molar-refractivity contribution >= 4 is 23.2 Å². The van der Waals surface area contributed by atoms with E-state index >= 15 is 0 Å². The Kier molecular flexibility index (Phi) is 5.29. The van der Waals surface area contributed by atoms with E-state index in [0.717, 1.165) is 29.1 Å². The molecule has 1 aliphatic heterocycles. The third kappa shape index (κ3) is 4.04. The molecule has 6 nitrogen and oxygen atoms in total. The zero-order chi connectivity index (χ0) is 23.0. The monoisotopic (exact) mass is 441 g/mol. The number of benzene rings is 2. The standard InChI is InChI=1S/C27H27N3O3/c1-27(2)15-21-24(23(31)16-27)25(18-9-4-3-5-10-18)30(22-13-7-6-12-20(22)29-21)26(32)28-17-19-11-8-14-33-19/h3-14,25,29H,15-17H2,1-2H3,(H,28,32)/t25-/m0/s1. The number of carbonyl (C=O) groups excluding carboxylic acids is 2. The fourth-order valence-electron chi connectivity index (χ4n) is 4.82. The van der Waals surface area contributed by atoms with Crippen molar-refractivity contribution < 1.29 is 14.0 Å². The fraction of sp³-hybridized carbons (Fsp3) is 0.259. The van der Waals surface area contributed by atoms with Crippen LogP contribution in [-0.4, -0.2) is 11.8 Å². The number of carbonyl (C=O) groups is 2. The van der Waals surface area contributed by atoms with Crippen LogP contribution in [0.1, 0.15) is 44.1 Å². The van der Waals surface area contributed by atoms with Crippen LogP contribution in [-0.2, 0) is 11.3 Å². The predicted molar refractivity (Wildman–Crippen MR) is 128 cm³/mol. The molecule has 6 heteroatoms. The molecule has 1 aromatic heterocycles. The summed E-state index contributed by atoms with van der Waals surface area (Å²) in [5.41, 5.74) is 3.81. The highest BCUT2D eigenvalue weighted by atomic mass is 16.3. The molecule has 0 radical (unpaired) electrons. The number of rotatable bonds is 3. The number of urea groups is 1. The molecule has 0 saturated heterocycles. The number of hydrogen-bond acceptors (Lipinski definition) is 4.